The Bertz CT molecular complexity index is 907. The monoisotopic (exact) mass is 558 g/mol. The van der Waals surface area contributed by atoms with E-state index in [1.807, 2.05) is 0 Å². The van der Waals surface area contributed by atoms with Crippen LogP contribution in [0.4, 0.5) is 5.95 Å². The predicted octanol–water partition coefficient (Wildman–Crippen LogP) is 5.84. The molecular weight excluding hydrogens is 508 g/mol. The topological polar surface area (TPSA) is 103 Å². The third kappa shape index (κ3) is 9.40. The molecule has 1 N–H and O–H groups in total. The molecule has 1 amide bonds. The average molecular weight is 559 g/mol. The molecule has 40 heavy (non-hydrogen) atoms. The van der Waals surface area contributed by atoms with Crippen LogP contribution in [0.1, 0.15) is 115 Å². The molecule has 3 aliphatic rings. The minimum absolute atomic E-state index is 0.0645. The summed E-state index contributed by atoms with van der Waals surface area (Å²) in [5.41, 5.74) is 2.75. The lowest BCUT2D eigenvalue weighted by Gasteiger charge is -2.34. The molecule has 0 bridgehead atoms. The number of hydrogen-bond donors (Lipinski definition) is 1. The van der Waals surface area contributed by atoms with E-state index < -0.39 is 12.2 Å². The van der Waals surface area contributed by atoms with Gasteiger partial charge in [0.1, 0.15) is 6.10 Å². The molecule has 0 radical (unpaired) electrons. The van der Waals surface area contributed by atoms with E-state index in [1.165, 1.54) is 57.3 Å². The molecule has 224 valence electrons. The van der Waals surface area contributed by atoms with Crippen LogP contribution in [0.5, 0.6) is 0 Å². The zero-order valence-electron chi connectivity index (χ0n) is 24.8. The van der Waals surface area contributed by atoms with Crippen molar-refractivity contribution in [3.63, 3.8) is 0 Å². The van der Waals surface area contributed by atoms with E-state index >= 15 is 0 Å². The number of amides is 1. The zero-order valence-corrected chi connectivity index (χ0v) is 24.8. The van der Waals surface area contributed by atoms with Crippen molar-refractivity contribution in [1.29, 1.82) is 0 Å². The van der Waals surface area contributed by atoms with Crippen molar-refractivity contribution >= 4 is 17.8 Å². The summed E-state index contributed by atoms with van der Waals surface area (Å²) in [5.74, 6) is 1.87. The Kier molecular flexibility index (Phi) is 12.0. The zero-order chi connectivity index (χ0) is 28.3. The third-order valence-electron chi connectivity index (χ3n) is 8.77. The average Bonchev–Trinajstić information content (AvgIpc) is 3.49. The highest BCUT2D eigenvalue weighted by Crippen LogP contribution is 2.36. The van der Waals surface area contributed by atoms with Crippen LogP contribution in [-0.4, -0.2) is 53.9 Å². The third-order valence-corrected chi connectivity index (χ3v) is 8.77. The van der Waals surface area contributed by atoms with Crippen LogP contribution in [0, 0.1) is 23.7 Å². The van der Waals surface area contributed by atoms with Gasteiger partial charge in [0.25, 0.3) is 5.91 Å². The molecule has 4 rings (SSSR count). The van der Waals surface area contributed by atoms with Gasteiger partial charge in [-0.15, -0.1) is 0 Å². The molecule has 1 saturated heterocycles. The fraction of sp³-hybridized carbons (Fsp3) is 0.806. The number of hydrogen-bond acceptors (Lipinski definition) is 8. The number of rotatable bonds is 13. The Morgan fingerprint density at radius 2 is 1.60 bits per heavy atom. The minimum atomic E-state index is -0.538. The van der Waals surface area contributed by atoms with Crippen LogP contribution in [0.25, 0.3) is 0 Å². The van der Waals surface area contributed by atoms with Gasteiger partial charge in [-0.05, 0) is 88.9 Å². The maximum Gasteiger partial charge on any atom is 0.309 e. The largest absolute Gasteiger partial charge is 0.462 e. The molecular formula is C31H50N4O5. The van der Waals surface area contributed by atoms with Gasteiger partial charge < -0.3 is 14.4 Å². The number of carbonyl (C=O) groups is 2. The number of anilines is 1. The number of aromatic nitrogens is 2. The second-order valence-electron chi connectivity index (χ2n) is 12.5. The molecule has 2 saturated carbocycles. The van der Waals surface area contributed by atoms with Gasteiger partial charge in [-0.2, -0.15) is 0 Å². The van der Waals surface area contributed by atoms with E-state index in [1.54, 1.807) is 6.92 Å². The maximum atomic E-state index is 13.2. The van der Waals surface area contributed by atoms with Gasteiger partial charge in [-0.1, -0.05) is 33.1 Å². The molecule has 2 atom stereocenters. The molecule has 3 fully saturated rings. The minimum Gasteiger partial charge on any atom is -0.462 e. The first kappa shape index (κ1) is 30.7. The smallest absolute Gasteiger partial charge is 0.309 e. The number of piperidine rings is 1. The Balaban J connectivity index is 1.21. The molecule has 9 heteroatoms. The van der Waals surface area contributed by atoms with E-state index in [4.69, 9.17) is 14.3 Å². The summed E-state index contributed by atoms with van der Waals surface area (Å²) < 4.78 is 11.5. The first-order valence-electron chi connectivity index (χ1n) is 15.7. The first-order valence-corrected chi connectivity index (χ1v) is 15.7. The molecule has 1 unspecified atom stereocenters. The van der Waals surface area contributed by atoms with Crippen molar-refractivity contribution in [3.05, 3.63) is 18.0 Å². The number of nitrogens with zero attached hydrogens (tertiary/aromatic N) is 3. The fourth-order valence-corrected chi connectivity index (χ4v) is 6.34. The highest BCUT2D eigenvalue weighted by Gasteiger charge is 2.33. The molecule has 9 nitrogen and oxygen atoms in total. The number of nitrogens with one attached hydrogen (secondary N) is 1. The fourth-order valence-electron chi connectivity index (χ4n) is 6.34. The van der Waals surface area contributed by atoms with Gasteiger partial charge in [0.15, 0.2) is 6.29 Å². The van der Waals surface area contributed by atoms with E-state index in [-0.39, 0.29) is 18.0 Å². The summed E-state index contributed by atoms with van der Waals surface area (Å²) in [6, 6.07) is 0. The molecule has 0 aromatic carbocycles. The molecule has 1 aliphatic heterocycles. The summed E-state index contributed by atoms with van der Waals surface area (Å²) in [4.78, 5) is 42.0. The van der Waals surface area contributed by atoms with Crippen molar-refractivity contribution in [2.24, 2.45) is 23.7 Å². The Labute approximate surface area is 240 Å². The van der Waals surface area contributed by atoms with Gasteiger partial charge in [0.05, 0.1) is 18.1 Å². The second-order valence-corrected chi connectivity index (χ2v) is 12.5. The van der Waals surface area contributed by atoms with Gasteiger partial charge in [0, 0.05) is 25.5 Å². The second kappa shape index (κ2) is 15.7. The Morgan fingerprint density at radius 1 is 0.950 bits per heavy atom. The van der Waals surface area contributed by atoms with Crippen molar-refractivity contribution in [3.8, 4) is 0 Å². The number of carbonyl (C=O) groups excluding carboxylic acids is 2. The highest BCUT2D eigenvalue weighted by atomic mass is 16.8. The molecule has 1 aromatic rings. The van der Waals surface area contributed by atoms with E-state index in [0.717, 1.165) is 51.6 Å². The van der Waals surface area contributed by atoms with Crippen molar-refractivity contribution in [2.75, 3.05) is 24.6 Å². The van der Waals surface area contributed by atoms with Crippen LogP contribution in [0.15, 0.2) is 12.4 Å². The van der Waals surface area contributed by atoms with Crippen LogP contribution in [-0.2, 0) is 19.1 Å². The van der Waals surface area contributed by atoms with E-state index in [2.05, 4.69) is 34.2 Å². The van der Waals surface area contributed by atoms with Crippen molar-refractivity contribution < 1.29 is 23.9 Å². The lowest BCUT2D eigenvalue weighted by atomic mass is 9.76. The lowest BCUT2D eigenvalue weighted by molar-refractivity contribution is -0.163. The highest BCUT2D eigenvalue weighted by molar-refractivity contribution is 5.92. The van der Waals surface area contributed by atoms with Gasteiger partial charge in [0.2, 0.25) is 5.95 Å². The van der Waals surface area contributed by atoms with Gasteiger partial charge in [-0.3, -0.25) is 9.59 Å². The number of esters is 1. The molecule has 2 heterocycles. The van der Waals surface area contributed by atoms with Gasteiger partial charge in [-0.25, -0.2) is 20.3 Å². The van der Waals surface area contributed by atoms with Crippen LogP contribution >= 0.6 is 0 Å². The van der Waals surface area contributed by atoms with Crippen molar-refractivity contribution in [2.45, 2.75) is 117 Å². The van der Waals surface area contributed by atoms with E-state index in [9.17, 15) is 9.59 Å². The summed E-state index contributed by atoms with van der Waals surface area (Å²) in [6.07, 6.45) is 17.4. The molecule has 0 spiro atoms. The number of ether oxygens (including phenoxy) is 2. The Morgan fingerprint density at radius 3 is 2.25 bits per heavy atom. The molecule has 2 aliphatic carbocycles. The summed E-state index contributed by atoms with van der Waals surface area (Å²) in [7, 11) is 0. The standard InChI is InChI=1S/C31H50N4O5/c1-22(2)21-38-23(3)40-34-29(36)26-19-32-31(33-20-26)35-17-15-24(16-18-35)13-14-28(25-9-5-4-6-10-25)30(37)39-27-11-7-8-12-27/h19-20,22-25,27-28H,4-18,21H2,1-3H3,(H,34,36)/t23?,28-/m0/s1. The van der Waals surface area contributed by atoms with Gasteiger partial charge >= 0.3 is 5.97 Å². The maximum absolute atomic E-state index is 13.2. The predicted molar refractivity (Wildman–Crippen MR) is 153 cm³/mol. The summed E-state index contributed by atoms with van der Waals surface area (Å²) in [6.45, 7) is 8.16. The van der Waals surface area contributed by atoms with Crippen molar-refractivity contribution in [1.82, 2.24) is 15.4 Å². The SMILES string of the molecule is CC(C)COC(C)ONC(=O)c1cnc(N2CCC(CC[C@H](C(=O)OC3CCCC3)C3CCCCC3)CC2)nc1. The van der Waals surface area contributed by atoms with Crippen LogP contribution < -0.4 is 10.4 Å². The Hall–Kier alpha value is -2.26. The molecule has 1 aromatic heterocycles. The summed E-state index contributed by atoms with van der Waals surface area (Å²) in [5, 5.41) is 0. The normalized spacial score (nSPS) is 20.9. The van der Waals surface area contributed by atoms with Crippen LogP contribution in [0.2, 0.25) is 0 Å². The summed E-state index contributed by atoms with van der Waals surface area (Å²) >= 11 is 0. The number of hydroxylamine groups is 1. The first-order chi connectivity index (χ1) is 19.4. The lowest BCUT2D eigenvalue weighted by Crippen LogP contribution is -2.36. The quantitative estimate of drug-likeness (QED) is 0.183. The van der Waals surface area contributed by atoms with E-state index in [0.29, 0.717) is 35.9 Å². The van der Waals surface area contributed by atoms with Crippen LogP contribution in [0.3, 0.4) is 0 Å².